The standard InChI is InChI=1S/C13H14Cl2N2O/c1-8-3-6-12(17(8)2)13(18)16-9-4-5-10(14)11(15)7-9/h3-8,12H,1-2H3,(H,16,18)/t8-,12-/m1/s1. The molecular weight excluding hydrogens is 271 g/mol. The number of carbonyl (C=O) groups excluding carboxylic acids is 1. The van der Waals surface area contributed by atoms with Crippen molar-refractivity contribution in [2.45, 2.75) is 19.0 Å². The molecule has 3 nitrogen and oxygen atoms in total. The summed E-state index contributed by atoms with van der Waals surface area (Å²) in [6.07, 6.45) is 3.91. The van der Waals surface area contributed by atoms with Crippen molar-refractivity contribution in [3.63, 3.8) is 0 Å². The van der Waals surface area contributed by atoms with Crippen molar-refractivity contribution in [1.82, 2.24) is 4.90 Å². The molecule has 1 N–H and O–H groups in total. The summed E-state index contributed by atoms with van der Waals surface area (Å²) in [6.45, 7) is 2.04. The van der Waals surface area contributed by atoms with Gasteiger partial charge in [-0.1, -0.05) is 35.4 Å². The number of hydrogen-bond donors (Lipinski definition) is 1. The molecule has 0 aromatic heterocycles. The maximum Gasteiger partial charge on any atom is 0.245 e. The molecule has 0 bridgehead atoms. The molecule has 0 aliphatic carbocycles. The lowest BCUT2D eigenvalue weighted by Crippen LogP contribution is -2.40. The molecule has 0 unspecified atom stereocenters. The van der Waals surface area contributed by atoms with Crippen LogP contribution in [0.25, 0.3) is 0 Å². The number of rotatable bonds is 2. The Bertz CT molecular complexity index is 502. The summed E-state index contributed by atoms with van der Waals surface area (Å²) < 4.78 is 0. The van der Waals surface area contributed by atoms with Crippen molar-refractivity contribution < 1.29 is 4.79 Å². The molecular formula is C13H14Cl2N2O. The summed E-state index contributed by atoms with van der Waals surface area (Å²) in [4.78, 5) is 14.1. The summed E-state index contributed by atoms with van der Waals surface area (Å²) in [5, 5.41) is 3.73. The topological polar surface area (TPSA) is 32.3 Å². The second kappa shape index (κ2) is 5.31. The monoisotopic (exact) mass is 284 g/mol. The van der Waals surface area contributed by atoms with E-state index >= 15 is 0 Å². The fourth-order valence-corrected chi connectivity index (χ4v) is 2.15. The van der Waals surface area contributed by atoms with Crippen molar-refractivity contribution in [2.24, 2.45) is 0 Å². The van der Waals surface area contributed by atoms with Gasteiger partial charge in [-0.2, -0.15) is 0 Å². The summed E-state index contributed by atoms with van der Waals surface area (Å²) in [6, 6.07) is 5.07. The second-order valence-corrected chi connectivity index (χ2v) is 5.17. The van der Waals surface area contributed by atoms with Crippen LogP contribution in [0.1, 0.15) is 6.92 Å². The first kappa shape index (κ1) is 13.4. The summed E-state index contributed by atoms with van der Waals surface area (Å²) in [7, 11) is 1.92. The predicted molar refractivity (Wildman–Crippen MR) is 75.2 cm³/mol. The maximum atomic E-state index is 12.1. The number of hydrogen-bond acceptors (Lipinski definition) is 2. The van der Waals surface area contributed by atoms with Crippen LogP contribution in [-0.4, -0.2) is 29.9 Å². The normalized spacial score (nSPS) is 23.3. The van der Waals surface area contributed by atoms with Crippen LogP contribution in [0.3, 0.4) is 0 Å². The van der Waals surface area contributed by atoms with E-state index in [1.54, 1.807) is 18.2 Å². The Morgan fingerprint density at radius 3 is 2.56 bits per heavy atom. The number of nitrogens with one attached hydrogen (secondary N) is 1. The summed E-state index contributed by atoms with van der Waals surface area (Å²) in [5.41, 5.74) is 0.649. The van der Waals surface area contributed by atoms with Crippen LogP contribution >= 0.6 is 23.2 Å². The van der Waals surface area contributed by atoms with E-state index < -0.39 is 0 Å². The van der Waals surface area contributed by atoms with Crippen LogP contribution in [-0.2, 0) is 4.79 Å². The molecule has 1 aliphatic rings. The molecule has 5 heteroatoms. The molecule has 0 saturated carbocycles. The smallest absolute Gasteiger partial charge is 0.245 e. The van der Waals surface area contributed by atoms with Crippen molar-refractivity contribution >= 4 is 34.8 Å². The van der Waals surface area contributed by atoms with E-state index in [4.69, 9.17) is 23.2 Å². The third-order valence-corrected chi connectivity index (χ3v) is 3.85. The first-order chi connectivity index (χ1) is 8.49. The van der Waals surface area contributed by atoms with E-state index in [1.807, 2.05) is 31.0 Å². The van der Waals surface area contributed by atoms with Crippen LogP contribution < -0.4 is 5.32 Å². The molecule has 1 aromatic rings. The minimum atomic E-state index is -0.241. The Hall–Kier alpha value is -1.03. The molecule has 1 amide bonds. The lowest BCUT2D eigenvalue weighted by molar-refractivity contribution is -0.119. The lowest BCUT2D eigenvalue weighted by atomic mass is 10.2. The van der Waals surface area contributed by atoms with Gasteiger partial charge >= 0.3 is 0 Å². The van der Waals surface area contributed by atoms with Gasteiger partial charge in [0.25, 0.3) is 0 Å². The van der Waals surface area contributed by atoms with Gasteiger partial charge in [-0.15, -0.1) is 0 Å². The molecule has 1 heterocycles. The Balaban J connectivity index is 2.08. The maximum absolute atomic E-state index is 12.1. The lowest BCUT2D eigenvalue weighted by Gasteiger charge is -2.22. The van der Waals surface area contributed by atoms with E-state index in [1.165, 1.54) is 0 Å². The quantitative estimate of drug-likeness (QED) is 0.846. The van der Waals surface area contributed by atoms with Gasteiger partial charge in [0.15, 0.2) is 0 Å². The molecule has 0 fully saturated rings. The molecule has 2 rings (SSSR count). The molecule has 2 atom stereocenters. The Morgan fingerprint density at radius 1 is 1.28 bits per heavy atom. The van der Waals surface area contributed by atoms with Crippen LogP contribution in [0.4, 0.5) is 5.69 Å². The van der Waals surface area contributed by atoms with E-state index in [0.29, 0.717) is 15.7 Å². The van der Waals surface area contributed by atoms with Gasteiger partial charge in [-0.25, -0.2) is 0 Å². The van der Waals surface area contributed by atoms with Gasteiger partial charge in [0.1, 0.15) is 6.04 Å². The fourth-order valence-electron chi connectivity index (χ4n) is 1.85. The van der Waals surface area contributed by atoms with Gasteiger partial charge in [-0.3, -0.25) is 9.69 Å². The zero-order valence-electron chi connectivity index (χ0n) is 10.2. The molecule has 1 aliphatic heterocycles. The van der Waals surface area contributed by atoms with Crippen LogP contribution in [0.15, 0.2) is 30.4 Å². The van der Waals surface area contributed by atoms with Crippen molar-refractivity contribution in [1.29, 1.82) is 0 Å². The average Bonchev–Trinajstić information content (AvgIpc) is 2.65. The summed E-state index contributed by atoms with van der Waals surface area (Å²) >= 11 is 11.7. The number of amides is 1. The van der Waals surface area contributed by atoms with E-state index in [2.05, 4.69) is 5.32 Å². The highest BCUT2D eigenvalue weighted by Crippen LogP contribution is 2.25. The third-order valence-electron chi connectivity index (χ3n) is 3.11. The third kappa shape index (κ3) is 2.69. The van der Waals surface area contributed by atoms with Gasteiger partial charge < -0.3 is 5.32 Å². The highest BCUT2D eigenvalue weighted by atomic mass is 35.5. The van der Waals surface area contributed by atoms with Gasteiger partial charge in [0, 0.05) is 11.7 Å². The van der Waals surface area contributed by atoms with Gasteiger partial charge in [0.2, 0.25) is 5.91 Å². The number of likely N-dealkylation sites (N-methyl/N-ethyl adjacent to an activating group) is 1. The molecule has 0 spiro atoms. The minimum Gasteiger partial charge on any atom is -0.324 e. The number of halogens is 2. The average molecular weight is 285 g/mol. The van der Waals surface area contributed by atoms with Gasteiger partial charge in [0.05, 0.1) is 10.0 Å². The Morgan fingerprint density at radius 2 is 2.00 bits per heavy atom. The van der Waals surface area contributed by atoms with Crippen LogP contribution in [0.2, 0.25) is 10.0 Å². The highest BCUT2D eigenvalue weighted by Gasteiger charge is 2.27. The molecule has 18 heavy (non-hydrogen) atoms. The molecule has 0 saturated heterocycles. The first-order valence-electron chi connectivity index (χ1n) is 5.65. The highest BCUT2D eigenvalue weighted by molar-refractivity contribution is 6.42. The summed E-state index contributed by atoms with van der Waals surface area (Å²) in [5.74, 6) is -0.0727. The largest absolute Gasteiger partial charge is 0.324 e. The van der Waals surface area contributed by atoms with Crippen molar-refractivity contribution in [3.05, 3.63) is 40.4 Å². The Kier molecular flexibility index (Phi) is 3.95. The van der Waals surface area contributed by atoms with Crippen LogP contribution in [0.5, 0.6) is 0 Å². The Labute approximate surface area is 116 Å². The van der Waals surface area contributed by atoms with Crippen LogP contribution in [0, 0.1) is 0 Å². The number of carbonyl (C=O) groups is 1. The van der Waals surface area contributed by atoms with Crippen molar-refractivity contribution in [2.75, 3.05) is 12.4 Å². The molecule has 1 aromatic carbocycles. The number of anilines is 1. The SMILES string of the molecule is C[C@@H]1C=C[C@H](C(=O)Nc2ccc(Cl)c(Cl)c2)N1C. The van der Waals surface area contributed by atoms with Gasteiger partial charge in [-0.05, 0) is 32.2 Å². The minimum absolute atomic E-state index is 0.0727. The predicted octanol–water partition coefficient (Wildman–Crippen LogP) is 3.19. The number of benzene rings is 1. The zero-order chi connectivity index (χ0) is 13.3. The second-order valence-electron chi connectivity index (χ2n) is 4.35. The van der Waals surface area contributed by atoms with E-state index in [0.717, 1.165) is 0 Å². The fraction of sp³-hybridized carbons (Fsp3) is 0.308. The molecule has 96 valence electrons. The van der Waals surface area contributed by atoms with E-state index in [-0.39, 0.29) is 18.0 Å². The first-order valence-corrected chi connectivity index (χ1v) is 6.41. The number of nitrogens with zero attached hydrogens (tertiary/aromatic N) is 1. The molecule has 0 radical (unpaired) electrons. The van der Waals surface area contributed by atoms with E-state index in [9.17, 15) is 4.79 Å². The van der Waals surface area contributed by atoms with Crippen molar-refractivity contribution in [3.8, 4) is 0 Å². The zero-order valence-corrected chi connectivity index (χ0v) is 11.7.